The van der Waals surface area contributed by atoms with Crippen LogP contribution in [-0.2, 0) is 4.79 Å². The summed E-state index contributed by atoms with van der Waals surface area (Å²) in [4.78, 5) is 11.0. The van der Waals surface area contributed by atoms with Gasteiger partial charge in [0.2, 0.25) is 0 Å². The van der Waals surface area contributed by atoms with Crippen LogP contribution in [0.3, 0.4) is 0 Å². The number of hydrogen-bond acceptors (Lipinski definition) is 3. The SMILES string of the molecule is CC(=O)C(Br)c1cccc(S)c1O. The number of para-hydroxylation sites is 1. The van der Waals surface area contributed by atoms with Gasteiger partial charge in [0.1, 0.15) is 16.4 Å². The minimum atomic E-state index is -0.459. The molecule has 0 saturated heterocycles. The summed E-state index contributed by atoms with van der Waals surface area (Å²) in [5, 5.41) is 9.56. The number of alkyl halides is 1. The Labute approximate surface area is 90.5 Å². The van der Waals surface area contributed by atoms with Crippen molar-refractivity contribution in [3.63, 3.8) is 0 Å². The van der Waals surface area contributed by atoms with Crippen LogP contribution in [0.25, 0.3) is 0 Å². The first kappa shape index (κ1) is 10.6. The Balaban J connectivity index is 3.15. The van der Waals surface area contributed by atoms with Gasteiger partial charge in [0.15, 0.2) is 0 Å². The molecule has 1 aromatic carbocycles. The third-order valence-electron chi connectivity index (χ3n) is 1.68. The molecule has 0 aliphatic heterocycles. The molecular formula is C9H9BrO2S. The predicted molar refractivity (Wildman–Crippen MR) is 57.7 cm³/mol. The van der Waals surface area contributed by atoms with Crippen LogP contribution in [0.5, 0.6) is 5.75 Å². The zero-order chi connectivity index (χ0) is 10.0. The summed E-state index contributed by atoms with van der Waals surface area (Å²) in [5.41, 5.74) is 0.556. The molecule has 0 heterocycles. The van der Waals surface area contributed by atoms with Crippen molar-refractivity contribution >= 4 is 34.3 Å². The molecule has 0 amide bonds. The molecule has 0 radical (unpaired) electrons. The lowest BCUT2D eigenvalue weighted by molar-refractivity contribution is -0.116. The number of rotatable bonds is 2. The van der Waals surface area contributed by atoms with E-state index in [1.165, 1.54) is 6.92 Å². The van der Waals surface area contributed by atoms with Crippen LogP contribution in [0.1, 0.15) is 17.3 Å². The maximum Gasteiger partial charge on any atom is 0.147 e. The van der Waals surface area contributed by atoms with E-state index < -0.39 is 4.83 Å². The maximum atomic E-state index is 11.0. The van der Waals surface area contributed by atoms with Crippen LogP contribution in [0.4, 0.5) is 0 Å². The van der Waals surface area contributed by atoms with E-state index in [0.717, 1.165) is 0 Å². The van der Waals surface area contributed by atoms with Crippen LogP contribution in [0, 0.1) is 0 Å². The summed E-state index contributed by atoms with van der Waals surface area (Å²) in [5.74, 6) is 0.0112. The maximum absolute atomic E-state index is 11.0. The zero-order valence-corrected chi connectivity index (χ0v) is 9.47. The third-order valence-corrected chi connectivity index (χ3v) is 3.17. The zero-order valence-electron chi connectivity index (χ0n) is 6.99. The number of carbonyl (C=O) groups excluding carboxylic acids is 1. The molecule has 4 heteroatoms. The molecule has 13 heavy (non-hydrogen) atoms. The number of phenolic OH excluding ortho intramolecular Hbond substituents is 1. The van der Waals surface area contributed by atoms with Crippen molar-refractivity contribution in [1.82, 2.24) is 0 Å². The second-order valence-electron chi connectivity index (χ2n) is 2.69. The van der Waals surface area contributed by atoms with Gasteiger partial charge >= 0.3 is 0 Å². The number of thiol groups is 1. The fourth-order valence-corrected chi connectivity index (χ4v) is 1.56. The van der Waals surface area contributed by atoms with Crippen molar-refractivity contribution < 1.29 is 9.90 Å². The Morgan fingerprint density at radius 2 is 2.23 bits per heavy atom. The van der Waals surface area contributed by atoms with Gasteiger partial charge in [-0.2, -0.15) is 0 Å². The van der Waals surface area contributed by atoms with E-state index in [1.807, 2.05) is 0 Å². The molecule has 0 spiro atoms. The highest BCUT2D eigenvalue weighted by molar-refractivity contribution is 9.09. The van der Waals surface area contributed by atoms with E-state index in [-0.39, 0.29) is 11.5 Å². The molecule has 0 bridgehead atoms. The fourth-order valence-electron chi connectivity index (χ4n) is 0.972. The number of benzene rings is 1. The molecule has 0 aliphatic carbocycles. The van der Waals surface area contributed by atoms with Gasteiger partial charge in [-0.3, -0.25) is 4.79 Å². The predicted octanol–water partition coefficient (Wildman–Crippen LogP) is 2.71. The van der Waals surface area contributed by atoms with Gasteiger partial charge in [0.25, 0.3) is 0 Å². The number of phenols is 1. The Morgan fingerprint density at radius 3 is 2.77 bits per heavy atom. The highest BCUT2D eigenvalue weighted by atomic mass is 79.9. The molecule has 70 valence electrons. The Hall–Kier alpha value is -0.480. The molecule has 0 aromatic heterocycles. The van der Waals surface area contributed by atoms with E-state index in [1.54, 1.807) is 18.2 Å². The van der Waals surface area contributed by atoms with Crippen LogP contribution in [0.2, 0.25) is 0 Å². The summed E-state index contributed by atoms with van der Waals surface area (Å²) in [7, 11) is 0. The minimum Gasteiger partial charge on any atom is -0.506 e. The summed E-state index contributed by atoms with van der Waals surface area (Å²) in [6.45, 7) is 1.46. The van der Waals surface area contributed by atoms with E-state index in [4.69, 9.17) is 0 Å². The van der Waals surface area contributed by atoms with Gasteiger partial charge in [0.05, 0.1) is 0 Å². The topological polar surface area (TPSA) is 37.3 Å². The van der Waals surface area contributed by atoms with E-state index >= 15 is 0 Å². The van der Waals surface area contributed by atoms with Gasteiger partial charge in [-0.25, -0.2) is 0 Å². The second kappa shape index (κ2) is 4.15. The number of carbonyl (C=O) groups is 1. The van der Waals surface area contributed by atoms with Crippen molar-refractivity contribution in [2.75, 3.05) is 0 Å². The van der Waals surface area contributed by atoms with Crippen LogP contribution in [0.15, 0.2) is 23.1 Å². The quantitative estimate of drug-likeness (QED) is 0.634. The standard InChI is InChI=1S/C9H9BrO2S/c1-5(11)8(10)6-3-2-4-7(13)9(6)12/h2-4,8,12-13H,1H3. The third kappa shape index (κ3) is 2.25. The highest BCUT2D eigenvalue weighted by Crippen LogP contribution is 2.34. The molecule has 1 atom stereocenters. The van der Waals surface area contributed by atoms with Crippen molar-refractivity contribution in [3.8, 4) is 5.75 Å². The molecule has 0 saturated carbocycles. The van der Waals surface area contributed by atoms with Crippen LogP contribution >= 0.6 is 28.6 Å². The van der Waals surface area contributed by atoms with Crippen molar-refractivity contribution in [2.45, 2.75) is 16.6 Å². The first-order chi connectivity index (χ1) is 6.04. The molecule has 1 N–H and O–H groups in total. The molecule has 1 unspecified atom stereocenters. The highest BCUT2D eigenvalue weighted by Gasteiger charge is 2.17. The first-order valence-electron chi connectivity index (χ1n) is 3.69. The number of aromatic hydroxyl groups is 1. The normalized spacial score (nSPS) is 12.5. The molecule has 1 aromatic rings. The van der Waals surface area contributed by atoms with E-state index in [9.17, 15) is 9.90 Å². The average molecular weight is 261 g/mol. The van der Waals surface area contributed by atoms with Gasteiger partial charge < -0.3 is 5.11 Å². The van der Waals surface area contributed by atoms with Gasteiger partial charge in [-0.15, -0.1) is 12.6 Å². The molecule has 1 rings (SSSR count). The summed E-state index contributed by atoms with van der Waals surface area (Å²) < 4.78 is 0. The Bertz CT molecular complexity index is 338. The Kier molecular flexibility index (Phi) is 3.39. The molecule has 2 nitrogen and oxygen atoms in total. The number of hydrogen-bond donors (Lipinski definition) is 2. The fraction of sp³-hybridized carbons (Fsp3) is 0.222. The molecule has 0 aliphatic rings. The van der Waals surface area contributed by atoms with Gasteiger partial charge in [-0.05, 0) is 13.0 Å². The van der Waals surface area contributed by atoms with Crippen molar-refractivity contribution in [1.29, 1.82) is 0 Å². The second-order valence-corrected chi connectivity index (χ2v) is 4.09. The van der Waals surface area contributed by atoms with Crippen LogP contribution < -0.4 is 0 Å². The molecule has 0 fully saturated rings. The monoisotopic (exact) mass is 260 g/mol. The first-order valence-corrected chi connectivity index (χ1v) is 5.05. The Morgan fingerprint density at radius 1 is 1.62 bits per heavy atom. The van der Waals surface area contributed by atoms with Crippen molar-refractivity contribution in [3.05, 3.63) is 23.8 Å². The van der Waals surface area contributed by atoms with Crippen LogP contribution in [-0.4, -0.2) is 10.9 Å². The smallest absolute Gasteiger partial charge is 0.147 e. The summed E-state index contributed by atoms with van der Waals surface area (Å²) in [6.07, 6.45) is 0. The van der Waals surface area contributed by atoms with E-state index in [0.29, 0.717) is 10.5 Å². The number of ketones is 1. The van der Waals surface area contributed by atoms with Gasteiger partial charge in [-0.1, -0.05) is 28.1 Å². The average Bonchev–Trinajstić information content (AvgIpc) is 2.08. The lowest BCUT2D eigenvalue weighted by Crippen LogP contribution is -2.01. The molecular weight excluding hydrogens is 252 g/mol. The minimum absolute atomic E-state index is 0.0470. The van der Waals surface area contributed by atoms with Crippen molar-refractivity contribution in [2.24, 2.45) is 0 Å². The summed E-state index contributed by atoms with van der Waals surface area (Å²) >= 11 is 7.24. The number of halogens is 1. The van der Waals surface area contributed by atoms with E-state index in [2.05, 4.69) is 28.6 Å². The lowest BCUT2D eigenvalue weighted by atomic mass is 10.1. The number of Topliss-reactive ketones (excluding diaryl/α,β-unsaturated/α-hetero) is 1. The largest absolute Gasteiger partial charge is 0.506 e. The lowest BCUT2D eigenvalue weighted by Gasteiger charge is -2.09. The van der Waals surface area contributed by atoms with Gasteiger partial charge in [0, 0.05) is 10.5 Å². The summed E-state index contributed by atoms with van der Waals surface area (Å²) in [6, 6.07) is 5.10.